The summed E-state index contributed by atoms with van der Waals surface area (Å²) in [5, 5.41) is 2.95. The molecular weight excluding hydrogens is 406 g/mol. The summed E-state index contributed by atoms with van der Waals surface area (Å²) in [5.74, 6) is -0.297. The number of anilines is 2. The number of fused-ring (bicyclic) bond motifs is 1. The molecule has 162 valence electrons. The highest BCUT2D eigenvalue weighted by Crippen LogP contribution is 2.28. The molecule has 1 N–H and O–H groups in total. The Labute approximate surface area is 185 Å². The highest BCUT2D eigenvalue weighted by Gasteiger charge is 2.36. The largest absolute Gasteiger partial charge is 0.459 e. The molecular formula is C25H23N3O4. The van der Waals surface area contributed by atoms with Crippen LogP contribution in [0.1, 0.15) is 34.5 Å². The molecule has 32 heavy (non-hydrogen) atoms. The van der Waals surface area contributed by atoms with Crippen LogP contribution in [-0.2, 0) is 22.6 Å². The van der Waals surface area contributed by atoms with Gasteiger partial charge in [-0.2, -0.15) is 0 Å². The van der Waals surface area contributed by atoms with Crippen LogP contribution in [0.4, 0.5) is 11.4 Å². The van der Waals surface area contributed by atoms with Gasteiger partial charge in [0.15, 0.2) is 5.76 Å². The summed E-state index contributed by atoms with van der Waals surface area (Å²) in [5.41, 5.74) is 3.43. The molecule has 0 saturated carbocycles. The van der Waals surface area contributed by atoms with Crippen molar-refractivity contribution in [2.24, 2.45) is 0 Å². The van der Waals surface area contributed by atoms with Gasteiger partial charge in [-0.05, 0) is 47.9 Å². The van der Waals surface area contributed by atoms with Gasteiger partial charge in [0.25, 0.3) is 5.91 Å². The maximum absolute atomic E-state index is 13.3. The van der Waals surface area contributed by atoms with E-state index < -0.39 is 6.04 Å². The Morgan fingerprint density at radius 3 is 2.59 bits per heavy atom. The van der Waals surface area contributed by atoms with Gasteiger partial charge >= 0.3 is 0 Å². The van der Waals surface area contributed by atoms with Crippen molar-refractivity contribution >= 4 is 29.1 Å². The Morgan fingerprint density at radius 2 is 1.84 bits per heavy atom. The Kier molecular flexibility index (Phi) is 5.23. The summed E-state index contributed by atoms with van der Waals surface area (Å²) in [6, 6.07) is 17.7. The molecule has 2 aromatic carbocycles. The van der Waals surface area contributed by atoms with E-state index in [1.807, 2.05) is 36.4 Å². The summed E-state index contributed by atoms with van der Waals surface area (Å²) in [4.78, 5) is 41.8. The Hall–Kier alpha value is -3.87. The summed E-state index contributed by atoms with van der Waals surface area (Å²) >= 11 is 0. The normalized spacial score (nSPS) is 17.9. The number of nitrogens with zero attached hydrogens (tertiary/aromatic N) is 2. The van der Waals surface area contributed by atoms with E-state index in [0.717, 1.165) is 23.2 Å². The lowest BCUT2D eigenvalue weighted by Gasteiger charge is -2.35. The van der Waals surface area contributed by atoms with Gasteiger partial charge in [-0.15, -0.1) is 0 Å². The Balaban J connectivity index is 1.40. The number of rotatable bonds is 4. The number of carbonyl (C=O) groups excluding carboxylic acids is 3. The number of carbonyl (C=O) groups is 3. The number of hydrogen-bond donors (Lipinski definition) is 1. The van der Waals surface area contributed by atoms with Crippen LogP contribution in [0.5, 0.6) is 0 Å². The SMILES string of the molecule is O=C(Nc1cccc(N2CCCC2=O)c1)C1Cc2ccccc2CN1C(=O)c1ccco1. The molecule has 7 heteroatoms. The maximum Gasteiger partial charge on any atom is 0.290 e. The molecule has 5 rings (SSSR count). The lowest BCUT2D eigenvalue weighted by molar-refractivity contribution is -0.121. The molecule has 2 aliphatic rings. The first-order chi connectivity index (χ1) is 15.6. The van der Waals surface area contributed by atoms with Gasteiger partial charge in [-0.25, -0.2) is 0 Å². The quantitative estimate of drug-likeness (QED) is 0.687. The summed E-state index contributed by atoms with van der Waals surface area (Å²) in [6.45, 7) is 1.01. The molecule has 1 saturated heterocycles. The molecule has 3 heterocycles. The molecule has 0 bridgehead atoms. The monoisotopic (exact) mass is 429 g/mol. The zero-order valence-electron chi connectivity index (χ0n) is 17.5. The highest BCUT2D eigenvalue weighted by atomic mass is 16.3. The van der Waals surface area contributed by atoms with Crippen LogP contribution in [0.25, 0.3) is 0 Å². The zero-order chi connectivity index (χ0) is 22.1. The lowest BCUT2D eigenvalue weighted by atomic mass is 9.93. The molecule has 1 aromatic heterocycles. The minimum Gasteiger partial charge on any atom is -0.459 e. The van der Waals surface area contributed by atoms with E-state index in [9.17, 15) is 14.4 Å². The second-order valence-corrected chi connectivity index (χ2v) is 8.09. The van der Waals surface area contributed by atoms with Gasteiger partial charge in [0.2, 0.25) is 11.8 Å². The third-order valence-electron chi connectivity index (χ3n) is 6.04. The van der Waals surface area contributed by atoms with E-state index in [2.05, 4.69) is 5.32 Å². The first-order valence-electron chi connectivity index (χ1n) is 10.7. The van der Waals surface area contributed by atoms with E-state index in [1.165, 1.54) is 6.26 Å². The van der Waals surface area contributed by atoms with Gasteiger partial charge in [0, 0.05) is 37.3 Å². The van der Waals surface area contributed by atoms with Crippen molar-refractivity contribution in [2.75, 3.05) is 16.8 Å². The van der Waals surface area contributed by atoms with Crippen LogP contribution in [0.3, 0.4) is 0 Å². The lowest BCUT2D eigenvalue weighted by Crippen LogP contribution is -2.50. The van der Waals surface area contributed by atoms with Crippen molar-refractivity contribution in [1.29, 1.82) is 0 Å². The van der Waals surface area contributed by atoms with Crippen LogP contribution >= 0.6 is 0 Å². The summed E-state index contributed by atoms with van der Waals surface area (Å²) < 4.78 is 5.31. The van der Waals surface area contributed by atoms with Gasteiger partial charge in [-0.1, -0.05) is 30.3 Å². The molecule has 2 aliphatic heterocycles. The van der Waals surface area contributed by atoms with Crippen LogP contribution in [0.2, 0.25) is 0 Å². The van der Waals surface area contributed by atoms with Crippen molar-refractivity contribution < 1.29 is 18.8 Å². The fourth-order valence-electron chi connectivity index (χ4n) is 4.41. The van der Waals surface area contributed by atoms with Crippen LogP contribution < -0.4 is 10.2 Å². The van der Waals surface area contributed by atoms with Gasteiger partial charge < -0.3 is 19.5 Å². The summed E-state index contributed by atoms with van der Waals surface area (Å²) in [7, 11) is 0. The minimum absolute atomic E-state index is 0.0904. The predicted molar refractivity (Wildman–Crippen MR) is 119 cm³/mol. The van der Waals surface area contributed by atoms with Crippen molar-refractivity contribution in [3.63, 3.8) is 0 Å². The standard InChI is InChI=1S/C25H23N3O4/c29-23-11-4-12-27(23)20-9-3-8-19(15-20)26-24(30)21-14-17-6-1-2-7-18(17)16-28(21)25(31)22-10-5-13-32-22/h1-3,5-10,13,15,21H,4,11-12,14,16H2,(H,26,30). The molecule has 1 atom stereocenters. The Morgan fingerprint density at radius 1 is 1.00 bits per heavy atom. The summed E-state index contributed by atoms with van der Waals surface area (Å²) in [6.07, 6.45) is 3.24. The number of furan rings is 1. The van der Waals surface area contributed by atoms with E-state index in [4.69, 9.17) is 4.42 Å². The number of hydrogen-bond acceptors (Lipinski definition) is 4. The molecule has 3 amide bonds. The highest BCUT2D eigenvalue weighted by molar-refractivity contribution is 6.01. The topological polar surface area (TPSA) is 82.9 Å². The number of amides is 3. The smallest absolute Gasteiger partial charge is 0.290 e. The van der Waals surface area contributed by atoms with Crippen LogP contribution in [0.15, 0.2) is 71.3 Å². The first kappa shape index (κ1) is 20.1. The van der Waals surface area contributed by atoms with E-state index in [-0.39, 0.29) is 23.5 Å². The average Bonchev–Trinajstić information content (AvgIpc) is 3.50. The predicted octanol–water partition coefficient (Wildman–Crippen LogP) is 3.61. The fraction of sp³-hybridized carbons (Fsp3) is 0.240. The fourth-order valence-corrected chi connectivity index (χ4v) is 4.41. The molecule has 0 aliphatic carbocycles. The van der Waals surface area contributed by atoms with E-state index >= 15 is 0 Å². The minimum atomic E-state index is -0.681. The van der Waals surface area contributed by atoms with Crippen molar-refractivity contribution in [2.45, 2.75) is 31.8 Å². The molecule has 0 spiro atoms. The number of nitrogens with one attached hydrogen (secondary N) is 1. The van der Waals surface area contributed by atoms with Gasteiger partial charge in [-0.3, -0.25) is 14.4 Å². The molecule has 1 unspecified atom stereocenters. The first-order valence-corrected chi connectivity index (χ1v) is 10.7. The van der Waals surface area contributed by atoms with Gasteiger partial charge in [0.05, 0.1) is 6.26 Å². The second kappa shape index (κ2) is 8.34. The van der Waals surface area contributed by atoms with E-state index in [0.29, 0.717) is 31.6 Å². The van der Waals surface area contributed by atoms with Crippen molar-refractivity contribution in [3.8, 4) is 0 Å². The molecule has 7 nitrogen and oxygen atoms in total. The molecule has 0 radical (unpaired) electrons. The third kappa shape index (κ3) is 3.77. The van der Waals surface area contributed by atoms with Crippen molar-refractivity contribution in [3.05, 3.63) is 83.8 Å². The van der Waals surface area contributed by atoms with Gasteiger partial charge in [0.1, 0.15) is 6.04 Å². The van der Waals surface area contributed by atoms with Crippen LogP contribution in [0, 0.1) is 0 Å². The van der Waals surface area contributed by atoms with E-state index in [1.54, 1.807) is 34.1 Å². The third-order valence-corrected chi connectivity index (χ3v) is 6.04. The number of benzene rings is 2. The molecule has 3 aromatic rings. The molecule has 1 fully saturated rings. The maximum atomic E-state index is 13.3. The second-order valence-electron chi connectivity index (χ2n) is 8.09. The Bertz CT molecular complexity index is 1170. The average molecular weight is 429 g/mol. The van der Waals surface area contributed by atoms with Crippen molar-refractivity contribution in [1.82, 2.24) is 4.90 Å². The zero-order valence-corrected chi connectivity index (χ0v) is 17.5. The van der Waals surface area contributed by atoms with Crippen LogP contribution in [-0.4, -0.2) is 35.2 Å².